The Morgan fingerprint density at radius 2 is 0.737 bits per heavy atom. The highest BCUT2D eigenvalue weighted by atomic mass is 16.6. The van der Waals surface area contributed by atoms with E-state index >= 15 is 0 Å². The van der Waals surface area contributed by atoms with Crippen molar-refractivity contribution in [2.24, 2.45) is 0 Å². The molecule has 544 valence electrons. The number of hydrogen-bond acceptors (Lipinski definition) is 22. The van der Waals surface area contributed by atoms with Gasteiger partial charge in [0.15, 0.2) is 11.5 Å². The lowest BCUT2D eigenvalue weighted by molar-refractivity contribution is 0.00160. The van der Waals surface area contributed by atoms with Gasteiger partial charge in [0.25, 0.3) is 0 Å². The number of benzene rings is 6. The van der Waals surface area contributed by atoms with Crippen LogP contribution in [0.4, 0.5) is 0 Å². The second-order valence-electron chi connectivity index (χ2n) is 22.9. The first-order valence-corrected chi connectivity index (χ1v) is 34.2. The van der Waals surface area contributed by atoms with Gasteiger partial charge in [-0.2, -0.15) is 0 Å². The number of carbonyl (C=O) groups excluding carboxylic acids is 1. The van der Waals surface area contributed by atoms with Crippen LogP contribution in [0.15, 0.2) is 109 Å². The first-order valence-electron chi connectivity index (χ1n) is 34.2. The SMILES string of the molecule is CCOC(=O)c1cc(-c2cc(C)ccc2-c2ccc3c(c2)C(c2ccc(COCCOCCOCCO)c(COCCOCCOCCO)c2)(c2ccc(OCCOCCOCCOC)c(OCCOCCOCCOC)c2)c2cc(C)ccc2-3)ccc1OCCOCCOCCOC. The van der Waals surface area contributed by atoms with E-state index in [0.717, 1.165) is 77.9 Å². The number of aliphatic hydroxyl groups excluding tert-OH is 2. The Balaban J connectivity index is 1.36. The molecule has 0 spiro atoms. The minimum absolute atomic E-state index is 0.0539. The summed E-state index contributed by atoms with van der Waals surface area (Å²) in [7, 11) is 4.91. The number of aliphatic hydroxyl groups is 2. The van der Waals surface area contributed by atoms with E-state index in [0.29, 0.717) is 162 Å². The molecule has 6 aromatic rings. The van der Waals surface area contributed by atoms with Crippen LogP contribution in [0, 0.1) is 13.8 Å². The van der Waals surface area contributed by atoms with Crippen LogP contribution in [-0.4, -0.2) is 242 Å². The van der Waals surface area contributed by atoms with Gasteiger partial charge in [0.05, 0.1) is 204 Å². The number of fused-ring (bicyclic) bond motifs is 3. The number of hydrogen-bond donors (Lipinski definition) is 2. The van der Waals surface area contributed by atoms with Crippen LogP contribution in [0.25, 0.3) is 33.4 Å². The smallest absolute Gasteiger partial charge is 0.341 e. The van der Waals surface area contributed by atoms with Crippen molar-refractivity contribution in [2.45, 2.75) is 39.4 Å². The quantitative estimate of drug-likeness (QED) is 0.0267. The van der Waals surface area contributed by atoms with Gasteiger partial charge in [-0.3, -0.25) is 0 Å². The third-order valence-electron chi connectivity index (χ3n) is 15.9. The Bertz CT molecular complexity index is 3160. The molecule has 0 bridgehead atoms. The van der Waals surface area contributed by atoms with E-state index in [1.165, 1.54) is 0 Å². The molecule has 0 radical (unpaired) electrons. The molecule has 0 fully saturated rings. The van der Waals surface area contributed by atoms with Gasteiger partial charge in [0.2, 0.25) is 0 Å². The van der Waals surface area contributed by atoms with E-state index < -0.39 is 11.4 Å². The summed E-state index contributed by atoms with van der Waals surface area (Å²) >= 11 is 0. The van der Waals surface area contributed by atoms with Gasteiger partial charge in [-0.25, -0.2) is 4.79 Å². The average molecular weight is 1380 g/mol. The summed E-state index contributed by atoms with van der Waals surface area (Å²) in [6.45, 7) is 16.5. The molecule has 0 aromatic heterocycles. The van der Waals surface area contributed by atoms with E-state index in [-0.39, 0.29) is 79.3 Å². The molecule has 0 amide bonds. The zero-order valence-corrected chi connectivity index (χ0v) is 58.8. The van der Waals surface area contributed by atoms with Crippen molar-refractivity contribution >= 4 is 5.97 Å². The second kappa shape index (κ2) is 46.8. The summed E-state index contributed by atoms with van der Waals surface area (Å²) in [5, 5.41) is 18.3. The van der Waals surface area contributed by atoms with Crippen LogP contribution in [0.3, 0.4) is 0 Å². The fourth-order valence-corrected chi connectivity index (χ4v) is 11.2. The molecule has 0 heterocycles. The Morgan fingerprint density at radius 1 is 0.343 bits per heavy atom. The number of rotatable bonds is 56. The fourth-order valence-electron chi connectivity index (χ4n) is 11.2. The average Bonchev–Trinajstić information content (AvgIpc) is 1.54. The van der Waals surface area contributed by atoms with Crippen molar-refractivity contribution in [3.63, 3.8) is 0 Å². The number of esters is 1. The molecule has 1 atom stereocenters. The van der Waals surface area contributed by atoms with Crippen LogP contribution in [-0.2, 0) is 94.4 Å². The van der Waals surface area contributed by atoms with Crippen LogP contribution in [0.1, 0.15) is 61.8 Å². The maximum atomic E-state index is 13.9. The van der Waals surface area contributed by atoms with Crippen molar-refractivity contribution < 1.29 is 105 Å². The maximum absolute atomic E-state index is 13.9. The number of methoxy groups -OCH3 is 3. The summed E-state index contributed by atoms with van der Waals surface area (Å²) in [4.78, 5) is 13.9. The van der Waals surface area contributed by atoms with Crippen LogP contribution in [0.5, 0.6) is 17.2 Å². The second-order valence-corrected chi connectivity index (χ2v) is 22.9. The van der Waals surface area contributed by atoms with Crippen molar-refractivity contribution in [1.82, 2.24) is 0 Å². The van der Waals surface area contributed by atoms with Gasteiger partial charge in [0.1, 0.15) is 31.1 Å². The van der Waals surface area contributed by atoms with E-state index in [1.54, 1.807) is 28.3 Å². The first kappa shape index (κ1) is 79.8. The van der Waals surface area contributed by atoms with Gasteiger partial charge in [-0.05, 0) is 118 Å². The highest BCUT2D eigenvalue weighted by molar-refractivity contribution is 5.96. The lowest BCUT2D eigenvalue weighted by Crippen LogP contribution is -2.29. The molecule has 6 aromatic carbocycles. The summed E-state index contributed by atoms with van der Waals surface area (Å²) in [5.41, 5.74) is 12.7. The molecule has 7 rings (SSSR count). The predicted molar refractivity (Wildman–Crippen MR) is 374 cm³/mol. The summed E-state index contributed by atoms with van der Waals surface area (Å²) < 4.78 is 110. The molecule has 22 nitrogen and oxygen atoms in total. The monoisotopic (exact) mass is 1380 g/mol. The van der Waals surface area contributed by atoms with E-state index in [2.05, 4.69) is 98.8 Å². The Kier molecular flexibility index (Phi) is 37.8. The Morgan fingerprint density at radius 3 is 1.26 bits per heavy atom. The molecule has 1 aliphatic rings. The Labute approximate surface area is 584 Å². The molecule has 1 unspecified atom stereocenters. The molecular formula is C77H104O22. The lowest BCUT2D eigenvalue weighted by Gasteiger charge is -2.35. The van der Waals surface area contributed by atoms with Gasteiger partial charge < -0.3 is 100 Å². The summed E-state index contributed by atoms with van der Waals surface area (Å²) in [6, 6.07) is 38.1. The molecule has 0 saturated heterocycles. The molecule has 22 heteroatoms. The third kappa shape index (κ3) is 25.5. The molecule has 99 heavy (non-hydrogen) atoms. The third-order valence-corrected chi connectivity index (χ3v) is 15.9. The standard InChI is InChI=1S/C77H104O22/c1-7-96-76(80)70-53-60(12-18-73(70)97-47-44-91-37-34-86-27-24-81-4)69-50-58(2)8-15-66(69)61-11-17-68-67-16-9-59(3)51-71(67)77(72(68)54-61,64-13-10-62(56-94-42-40-89-32-30-84-22-20-78)63(52-64)57-95-43-41-90-33-31-85-23-21-79)65-14-19-74(98-48-45-92-38-35-87-28-25-82-5)75(55-65)99-49-46-93-39-36-88-29-26-83-6/h8-19,50-55,78-79H,7,20-49,56-57H2,1-6H3. The summed E-state index contributed by atoms with van der Waals surface area (Å²) in [5.74, 6) is 0.908. The maximum Gasteiger partial charge on any atom is 0.341 e. The first-order chi connectivity index (χ1) is 48.7. The molecular weight excluding hydrogens is 1280 g/mol. The fraction of sp³-hybridized carbons (Fsp3) is 0.519. The van der Waals surface area contributed by atoms with E-state index in [1.807, 2.05) is 24.3 Å². The minimum Gasteiger partial charge on any atom is -0.490 e. The number of aryl methyl sites for hydroxylation is 2. The Hall–Kier alpha value is -6.49. The van der Waals surface area contributed by atoms with Gasteiger partial charge >= 0.3 is 5.97 Å². The zero-order valence-electron chi connectivity index (χ0n) is 58.8. The molecule has 2 N–H and O–H groups in total. The van der Waals surface area contributed by atoms with Crippen LogP contribution >= 0.6 is 0 Å². The van der Waals surface area contributed by atoms with E-state index in [9.17, 15) is 9.90 Å². The van der Waals surface area contributed by atoms with Gasteiger partial charge in [-0.15, -0.1) is 0 Å². The lowest BCUT2D eigenvalue weighted by atomic mass is 9.66. The molecule has 1 aliphatic carbocycles. The number of ether oxygens (including phenoxy) is 19. The van der Waals surface area contributed by atoms with Crippen LogP contribution in [0.2, 0.25) is 0 Å². The molecule has 0 aliphatic heterocycles. The van der Waals surface area contributed by atoms with Gasteiger partial charge in [-0.1, -0.05) is 90.0 Å². The topological polar surface area (TPSA) is 233 Å². The summed E-state index contributed by atoms with van der Waals surface area (Å²) in [6.07, 6.45) is 0. The van der Waals surface area contributed by atoms with Crippen LogP contribution < -0.4 is 14.2 Å². The largest absolute Gasteiger partial charge is 0.490 e. The molecule has 0 saturated carbocycles. The number of carbonyl (C=O) groups is 1. The normalized spacial score (nSPS) is 13.3. The van der Waals surface area contributed by atoms with Crippen molar-refractivity contribution in [3.8, 4) is 50.6 Å². The zero-order chi connectivity index (χ0) is 70.0. The highest BCUT2D eigenvalue weighted by Gasteiger charge is 2.47. The predicted octanol–water partition coefficient (Wildman–Crippen LogP) is 9.44. The van der Waals surface area contributed by atoms with Crippen molar-refractivity contribution in [2.75, 3.05) is 226 Å². The highest BCUT2D eigenvalue weighted by Crippen LogP contribution is 2.58. The van der Waals surface area contributed by atoms with Crippen molar-refractivity contribution in [1.29, 1.82) is 0 Å². The van der Waals surface area contributed by atoms with Gasteiger partial charge in [0, 0.05) is 21.3 Å². The van der Waals surface area contributed by atoms with Crippen molar-refractivity contribution in [3.05, 3.63) is 159 Å². The minimum atomic E-state index is -1.04. The van der Waals surface area contributed by atoms with E-state index in [4.69, 9.17) is 95.1 Å².